The Morgan fingerprint density at radius 2 is 2.04 bits per heavy atom. The summed E-state index contributed by atoms with van der Waals surface area (Å²) in [6, 6.07) is 3.04. The second-order valence-corrected chi connectivity index (χ2v) is 7.37. The van der Waals surface area contributed by atoms with Crippen LogP contribution in [0, 0.1) is 5.41 Å². The van der Waals surface area contributed by atoms with E-state index in [4.69, 9.17) is 0 Å². The molecule has 2 aromatic heterocycles. The molecule has 2 heterocycles. The molecule has 0 fully saturated rings. The number of urea groups is 1. The van der Waals surface area contributed by atoms with E-state index in [1.54, 1.807) is 24.5 Å². The van der Waals surface area contributed by atoms with Gasteiger partial charge in [0.2, 0.25) is 0 Å². The van der Waals surface area contributed by atoms with Crippen LogP contribution in [0.25, 0.3) is 0 Å². The molecule has 0 aliphatic rings. The molecular weight excluding hydrogens is 312 g/mol. The first-order valence-electron chi connectivity index (χ1n) is 7.41. The number of hydrogen-bond acceptors (Lipinski definition) is 5. The summed E-state index contributed by atoms with van der Waals surface area (Å²) in [6.45, 7) is 6.56. The standard InChI is InChI=1S/C16H22N4O2S/c1-16(2,3)8-12-10-23-15(19-12)20-14(22)18-9-13(21)11-4-6-17-7-5-11/h4-7,10,13,21H,8-9H2,1-3H3,(H2,18,19,20,22). The SMILES string of the molecule is CC(C)(C)Cc1csc(NC(=O)NCC(O)c2ccncc2)n1. The van der Waals surface area contributed by atoms with Gasteiger partial charge in [0.25, 0.3) is 0 Å². The quantitative estimate of drug-likeness (QED) is 0.784. The fraction of sp³-hybridized carbons (Fsp3) is 0.438. The minimum absolute atomic E-state index is 0.121. The van der Waals surface area contributed by atoms with Gasteiger partial charge in [0, 0.05) is 24.3 Å². The number of thiazole rings is 1. The summed E-state index contributed by atoms with van der Waals surface area (Å²) < 4.78 is 0. The largest absolute Gasteiger partial charge is 0.387 e. The minimum atomic E-state index is -0.767. The van der Waals surface area contributed by atoms with Crippen LogP contribution in [0.2, 0.25) is 0 Å². The van der Waals surface area contributed by atoms with Crippen molar-refractivity contribution in [1.29, 1.82) is 0 Å². The van der Waals surface area contributed by atoms with E-state index in [0.717, 1.165) is 12.1 Å². The van der Waals surface area contributed by atoms with Crippen LogP contribution < -0.4 is 10.6 Å². The molecule has 0 spiro atoms. The highest BCUT2D eigenvalue weighted by Crippen LogP contribution is 2.23. The first kappa shape index (κ1) is 17.4. The summed E-state index contributed by atoms with van der Waals surface area (Å²) in [5.41, 5.74) is 1.83. The summed E-state index contributed by atoms with van der Waals surface area (Å²) in [5.74, 6) is 0. The van der Waals surface area contributed by atoms with Crippen LogP contribution in [0.3, 0.4) is 0 Å². The van der Waals surface area contributed by atoms with E-state index in [1.807, 2.05) is 5.38 Å². The maximum atomic E-state index is 11.9. The average molecular weight is 334 g/mol. The third-order valence-corrected chi connectivity index (χ3v) is 3.84. The normalized spacial score (nSPS) is 12.7. The highest BCUT2D eigenvalue weighted by Gasteiger charge is 2.15. The maximum absolute atomic E-state index is 11.9. The second kappa shape index (κ2) is 7.52. The monoisotopic (exact) mass is 334 g/mol. The van der Waals surface area contributed by atoms with E-state index < -0.39 is 6.10 Å². The number of aliphatic hydroxyl groups is 1. The number of aliphatic hydroxyl groups excluding tert-OH is 1. The molecule has 1 atom stereocenters. The molecule has 3 N–H and O–H groups in total. The topological polar surface area (TPSA) is 87.1 Å². The van der Waals surface area contributed by atoms with E-state index in [9.17, 15) is 9.90 Å². The zero-order valence-electron chi connectivity index (χ0n) is 13.5. The Labute approximate surface area is 140 Å². The van der Waals surface area contributed by atoms with Gasteiger partial charge in [-0.3, -0.25) is 10.3 Å². The van der Waals surface area contributed by atoms with Gasteiger partial charge in [0.1, 0.15) is 0 Å². The number of amides is 2. The Balaban J connectivity index is 1.81. The Kier molecular flexibility index (Phi) is 5.68. The third kappa shape index (κ3) is 5.96. The zero-order chi connectivity index (χ0) is 16.9. The van der Waals surface area contributed by atoms with Crippen LogP contribution in [0.15, 0.2) is 29.9 Å². The molecule has 0 radical (unpaired) electrons. The average Bonchev–Trinajstić information content (AvgIpc) is 2.90. The van der Waals surface area contributed by atoms with Crippen LogP contribution in [0.5, 0.6) is 0 Å². The molecule has 124 valence electrons. The number of carbonyl (C=O) groups is 1. The lowest BCUT2D eigenvalue weighted by molar-refractivity contribution is 0.175. The van der Waals surface area contributed by atoms with Gasteiger partial charge in [0.15, 0.2) is 5.13 Å². The Bertz CT molecular complexity index is 637. The molecule has 0 saturated heterocycles. The van der Waals surface area contributed by atoms with Gasteiger partial charge in [-0.2, -0.15) is 0 Å². The highest BCUT2D eigenvalue weighted by atomic mass is 32.1. The van der Waals surface area contributed by atoms with E-state index in [1.165, 1.54) is 11.3 Å². The van der Waals surface area contributed by atoms with Crippen molar-refractivity contribution < 1.29 is 9.90 Å². The van der Waals surface area contributed by atoms with Gasteiger partial charge in [-0.25, -0.2) is 9.78 Å². The summed E-state index contributed by atoms with van der Waals surface area (Å²) >= 11 is 1.40. The smallest absolute Gasteiger partial charge is 0.321 e. The molecule has 6 nitrogen and oxygen atoms in total. The Morgan fingerprint density at radius 3 is 2.70 bits per heavy atom. The molecule has 0 aliphatic heterocycles. The number of carbonyl (C=O) groups excluding carboxylic acids is 1. The van der Waals surface area contributed by atoms with Crippen molar-refractivity contribution in [3.8, 4) is 0 Å². The lowest BCUT2D eigenvalue weighted by atomic mass is 9.91. The van der Waals surface area contributed by atoms with Crippen LogP contribution in [0.4, 0.5) is 9.93 Å². The fourth-order valence-electron chi connectivity index (χ4n) is 2.02. The fourth-order valence-corrected chi connectivity index (χ4v) is 2.73. The van der Waals surface area contributed by atoms with Gasteiger partial charge in [-0.15, -0.1) is 11.3 Å². The van der Waals surface area contributed by atoms with E-state index in [2.05, 4.69) is 41.4 Å². The van der Waals surface area contributed by atoms with Gasteiger partial charge in [0.05, 0.1) is 11.8 Å². The van der Waals surface area contributed by atoms with E-state index in [-0.39, 0.29) is 18.0 Å². The molecule has 2 amide bonds. The Morgan fingerprint density at radius 1 is 1.35 bits per heavy atom. The number of nitrogens with zero attached hydrogens (tertiary/aromatic N) is 2. The van der Waals surface area contributed by atoms with Crippen molar-refractivity contribution in [2.75, 3.05) is 11.9 Å². The molecule has 0 saturated carbocycles. The third-order valence-electron chi connectivity index (χ3n) is 3.03. The number of nitrogens with one attached hydrogen (secondary N) is 2. The van der Waals surface area contributed by atoms with E-state index in [0.29, 0.717) is 10.7 Å². The number of hydrogen-bond donors (Lipinski definition) is 3. The molecule has 2 rings (SSSR count). The lowest BCUT2D eigenvalue weighted by Crippen LogP contribution is -2.32. The van der Waals surface area contributed by atoms with Crippen LogP contribution in [0.1, 0.15) is 38.1 Å². The predicted octanol–water partition coefficient (Wildman–Crippen LogP) is 2.98. The minimum Gasteiger partial charge on any atom is -0.387 e. The number of pyridine rings is 1. The van der Waals surface area contributed by atoms with Gasteiger partial charge < -0.3 is 10.4 Å². The summed E-state index contributed by atoms with van der Waals surface area (Å²) in [7, 11) is 0. The molecule has 0 aromatic carbocycles. The zero-order valence-corrected chi connectivity index (χ0v) is 14.4. The van der Waals surface area contributed by atoms with Crippen molar-refractivity contribution in [2.45, 2.75) is 33.3 Å². The highest BCUT2D eigenvalue weighted by molar-refractivity contribution is 7.13. The first-order chi connectivity index (χ1) is 10.8. The summed E-state index contributed by atoms with van der Waals surface area (Å²) in [5, 5.41) is 17.8. The van der Waals surface area contributed by atoms with Crippen molar-refractivity contribution in [2.24, 2.45) is 5.41 Å². The second-order valence-electron chi connectivity index (χ2n) is 6.51. The molecule has 0 aliphatic carbocycles. The molecule has 23 heavy (non-hydrogen) atoms. The Hall–Kier alpha value is -1.99. The van der Waals surface area contributed by atoms with Crippen molar-refractivity contribution in [3.05, 3.63) is 41.2 Å². The van der Waals surface area contributed by atoms with Gasteiger partial charge >= 0.3 is 6.03 Å². The van der Waals surface area contributed by atoms with Crippen molar-refractivity contribution in [1.82, 2.24) is 15.3 Å². The van der Waals surface area contributed by atoms with Crippen molar-refractivity contribution in [3.63, 3.8) is 0 Å². The van der Waals surface area contributed by atoms with Gasteiger partial charge in [-0.05, 0) is 29.5 Å². The summed E-state index contributed by atoms with van der Waals surface area (Å²) in [6.07, 6.45) is 3.29. The molecule has 2 aromatic rings. The lowest BCUT2D eigenvalue weighted by Gasteiger charge is -2.15. The molecule has 1 unspecified atom stereocenters. The van der Waals surface area contributed by atoms with Crippen molar-refractivity contribution >= 4 is 22.5 Å². The summed E-state index contributed by atoms with van der Waals surface area (Å²) in [4.78, 5) is 20.1. The number of rotatable bonds is 5. The molecular formula is C16H22N4O2S. The van der Waals surface area contributed by atoms with E-state index >= 15 is 0 Å². The van der Waals surface area contributed by atoms with Crippen LogP contribution in [-0.4, -0.2) is 27.7 Å². The van der Waals surface area contributed by atoms with Crippen LogP contribution in [-0.2, 0) is 6.42 Å². The number of anilines is 1. The maximum Gasteiger partial charge on any atom is 0.321 e. The molecule has 7 heteroatoms. The number of aromatic nitrogens is 2. The van der Waals surface area contributed by atoms with Crippen LogP contribution >= 0.6 is 11.3 Å². The molecule has 0 bridgehead atoms. The first-order valence-corrected chi connectivity index (χ1v) is 8.29. The van der Waals surface area contributed by atoms with Gasteiger partial charge in [-0.1, -0.05) is 20.8 Å². The predicted molar refractivity (Wildman–Crippen MR) is 91.5 cm³/mol.